The number of carbonyl (C=O) groups excluding carboxylic acids is 1. The van der Waals surface area contributed by atoms with E-state index in [1.807, 2.05) is 0 Å². The predicted molar refractivity (Wildman–Crippen MR) is 91.4 cm³/mol. The van der Waals surface area contributed by atoms with Gasteiger partial charge in [-0.3, -0.25) is 10.2 Å². The molecule has 2 heterocycles. The number of hydrogen-bond donors (Lipinski definition) is 1. The van der Waals surface area contributed by atoms with E-state index in [1.54, 1.807) is 30.3 Å². The van der Waals surface area contributed by atoms with Crippen molar-refractivity contribution in [1.82, 2.24) is 5.01 Å². The van der Waals surface area contributed by atoms with E-state index >= 15 is 0 Å². The van der Waals surface area contributed by atoms with E-state index in [-0.39, 0.29) is 11.4 Å². The van der Waals surface area contributed by atoms with Crippen molar-refractivity contribution in [2.45, 2.75) is 19.8 Å². The minimum absolute atomic E-state index is 0.0588. The summed E-state index contributed by atoms with van der Waals surface area (Å²) in [6.45, 7) is 2.06. The molecule has 3 rings (SSSR count). The van der Waals surface area contributed by atoms with Crippen LogP contribution in [-0.4, -0.2) is 27.0 Å². The van der Waals surface area contributed by atoms with Crippen LogP contribution in [0.15, 0.2) is 39.9 Å². The molecule has 0 aromatic heterocycles. The third kappa shape index (κ3) is 2.84. The number of aliphatic imine (C=N–C) groups is 1. The first-order chi connectivity index (χ1) is 10.6. The van der Waals surface area contributed by atoms with Crippen LogP contribution in [0.1, 0.15) is 25.3 Å². The quantitative estimate of drug-likeness (QED) is 0.857. The van der Waals surface area contributed by atoms with E-state index in [9.17, 15) is 4.79 Å². The summed E-state index contributed by atoms with van der Waals surface area (Å²) in [6.07, 6.45) is 3.42. The Balaban J connectivity index is 1.93. The van der Waals surface area contributed by atoms with Crippen LogP contribution >= 0.6 is 23.4 Å². The molecule has 112 valence electrons. The van der Waals surface area contributed by atoms with Crippen LogP contribution in [0.4, 0.5) is 0 Å². The molecule has 2 aliphatic heterocycles. The van der Waals surface area contributed by atoms with Crippen molar-refractivity contribution in [2.75, 3.05) is 0 Å². The SMILES string of the molecule is CCCC1=NN2C(=N)C(=Cc3ccc(Cl)cc3)C(=O)N=C2S1. The molecule has 2 aliphatic rings. The lowest BCUT2D eigenvalue weighted by molar-refractivity contribution is -0.114. The summed E-state index contributed by atoms with van der Waals surface area (Å²) in [4.78, 5) is 16.2. The second kappa shape index (κ2) is 6.06. The molecule has 0 saturated carbocycles. The molecular formula is C15H13ClN4OS. The fourth-order valence-corrected chi connectivity index (χ4v) is 3.18. The fraction of sp³-hybridized carbons (Fsp3) is 0.200. The van der Waals surface area contributed by atoms with Crippen LogP contribution in [0.2, 0.25) is 5.02 Å². The van der Waals surface area contributed by atoms with Gasteiger partial charge in [-0.15, -0.1) is 0 Å². The van der Waals surface area contributed by atoms with Crippen molar-refractivity contribution in [3.63, 3.8) is 0 Å². The van der Waals surface area contributed by atoms with Crippen LogP contribution in [0.25, 0.3) is 6.08 Å². The minimum Gasteiger partial charge on any atom is -0.282 e. The van der Waals surface area contributed by atoms with Crippen molar-refractivity contribution in [3.8, 4) is 0 Å². The summed E-state index contributed by atoms with van der Waals surface area (Å²) < 4.78 is 0. The summed E-state index contributed by atoms with van der Waals surface area (Å²) in [5, 5.41) is 16.0. The molecule has 0 fully saturated rings. The summed E-state index contributed by atoms with van der Waals surface area (Å²) >= 11 is 7.21. The molecule has 1 N–H and O–H groups in total. The first-order valence-electron chi connectivity index (χ1n) is 6.83. The van der Waals surface area contributed by atoms with Gasteiger partial charge in [0.1, 0.15) is 5.04 Å². The van der Waals surface area contributed by atoms with Gasteiger partial charge in [0.05, 0.1) is 5.57 Å². The Morgan fingerprint density at radius 2 is 2.09 bits per heavy atom. The Labute approximate surface area is 137 Å². The number of carbonyl (C=O) groups is 1. The van der Waals surface area contributed by atoms with Crippen LogP contribution < -0.4 is 0 Å². The van der Waals surface area contributed by atoms with Crippen molar-refractivity contribution in [3.05, 3.63) is 40.4 Å². The lowest BCUT2D eigenvalue weighted by Crippen LogP contribution is -2.35. The zero-order valence-electron chi connectivity index (χ0n) is 11.8. The van der Waals surface area contributed by atoms with Gasteiger partial charge in [0.25, 0.3) is 5.91 Å². The number of amides is 1. The largest absolute Gasteiger partial charge is 0.283 e. The van der Waals surface area contributed by atoms with Crippen molar-refractivity contribution in [2.24, 2.45) is 10.1 Å². The minimum atomic E-state index is -0.411. The van der Waals surface area contributed by atoms with E-state index in [0.717, 1.165) is 23.4 Å². The Bertz CT molecular complexity index is 736. The smallest absolute Gasteiger partial charge is 0.282 e. The molecule has 22 heavy (non-hydrogen) atoms. The van der Waals surface area contributed by atoms with Crippen LogP contribution in [0.5, 0.6) is 0 Å². The fourth-order valence-electron chi connectivity index (χ4n) is 2.07. The molecule has 0 bridgehead atoms. The van der Waals surface area contributed by atoms with Crippen molar-refractivity contribution < 1.29 is 4.79 Å². The Morgan fingerprint density at radius 3 is 2.77 bits per heavy atom. The normalized spacial score (nSPS) is 19.4. The Hall–Kier alpha value is -1.92. The molecule has 7 heteroatoms. The van der Waals surface area contributed by atoms with Crippen molar-refractivity contribution >= 4 is 51.4 Å². The van der Waals surface area contributed by atoms with Gasteiger partial charge in [-0.1, -0.05) is 30.7 Å². The molecule has 0 radical (unpaired) electrons. The molecule has 0 saturated heterocycles. The number of thioether (sulfide) groups is 1. The summed E-state index contributed by atoms with van der Waals surface area (Å²) in [6, 6.07) is 7.06. The first kappa shape index (κ1) is 15.0. The average molecular weight is 333 g/mol. The molecule has 1 amide bonds. The lowest BCUT2D eigenvalue weighted by Gasteiger charge is -2.20. The summed E-state index contributed by atoms with van der Waals surface area (Å²) in [5.74, 6) is -0.352. The summed E-state index contributed by atoms with van der Waals surface area (Å²) in [5.41, 5.74) is 1.02. The molecule has 1 aromatic rings. The third-order valence-corrected chi connectivity index (χ3v) is 4.36. The number of nitrogens with one attached hydrogen (secondary N) is 1. The number of halogens is 1. The number of benzene rings is 1. The third-order valence-electron chi connectivity index (χ3n) is 3.14. The van der Waals surface area contributed by atoms with Crippen LogP contribution in [-0.2, 0) is 4.79 Å². The van der Waals surface area contributed by atoms with Gasteiger partial charge in [-0.25, -0.2) is 0 Å². The topological polar surface area (TPSA) is 68.9 Å². The standard InChI is InChI=1S/C15H13ClN4OS/c1-2-3-12-19-20-13(17)11(14(21)18-15(20)22-12)8-9-4-6-10(16)7-5-9/h4-8,17H,2-3H2,1H3. The summed E-state index contributed by atoms with van der Waals surface area (Å²) in [7, 11) is 0. The highest BCUT2D eigenvalue weighted by Gasteiger charge is 2.35. The number of hydrogen-bond acceptors (Lipinski definition) is 4. The van der Waals surface area contributed by atoms with Gasteiger partial charge in [-0.05, 0) is 48.4 Å². The molecule has 5 nitrogen and oxygen atoms in total. The van der Waals surface area contributed by atoms with Gasteiger partial charge in [0.15, 0.2) is 5.84 Å². The molecular weight excluding hydrogens is 320 g/mol. The maximum absolute atomic E-state index is 12.2. The van der Waals surface area contributed by atoms with Crippen LogP contribution in [0.3, 0.4) is 0 Å². The van der Waals surface area contributed by atoms with Crippen molar-refractivity contribution in [1.29, 1.82) is 5.41 Å². The molecule has 1 aromatic carbocycles. The number of amidine groups is 2. The van der Waals surface area contributed by atoms with E-state index < -0.39 is 5.91 Å². The first-order valence-corrected chi connectivity index (χ1v) is 8.02. The highest BCUT2D eigenvalue weighted by atomic mass is 35.5. The van der Waals surface area contributed by atoms with E-state index in [4.69, 9.17) is 17.0 Å². The second-order valence-corrected chi connectivity index (χ2v) is 6.29. The predicted octanol–water partition coefficient (Wildman–Crippen LogP) is 3.76. The Morgan fingerprint density at radius 1 is 1.36 bits per heavy atom. The molecule has 0 aliphatic carbocycles. The Kier molecular flexibility index (Phi) is 4.13. The van der Waals surface area contributed by atoms with Gasteiger partial charge in [-0.2, -0.15) is 15.1 Å². The van der Waals surface area contributed by atoms with Gasteiger partial charge >= 0.3 is 0 Å². The highest BCUT2D eigenvalue weighted by Crippen LogP contribution is 2.29. The highest BCUT2D eigenvalue weighted by molar-refractivity contribution is 8.26. The maximum atomic E-state index is 12.2. The van der Waals surface area contributed by atoms with Gasteiger partial charge < -0.3 is 0 Å². The number of fused-ring (bicyclic) bond motifs is 1. The molecule has 0 unspecified atom stereocenters. The zero-order chi connectivity index (χ0) is 15.7. The van der Waals surface area contributed by atoms with E-state index in [2.05, 4.69) is 17.0 Å². The molecule has 0 atom stereocenters. The average Bonchev–Trinajstić information content (AvgIpc) is 2.88. The van der Waals surface area contributed by atoms with Gasteiger partial charge in [0.2, 0.25) is 5.17 Å². The van der Waals surface area contributed by atoms with E-state index in [1.165, 1.54) is 16.8 Å². The molecule has 0 spiro atoms. The zero-order valence-corrected chi connectivity index (χ0v) is 13.4. The maximum Gasteiger partial charge on any atom is 0.283 e. The second-order valence-electron chi connectivity index (χ2n) is 4.82. The number of rotatable bonds is 3. The monoisotopic (exact) mass is 332 g/mol. The lowest BCUT2D eigenvalue weighted by atomic mass is 10.1. The number of nitrogens with zero attached hydrogens (tertiary/aromatic N) is 3. The van der Waals surface area contributed by atoms with Crippen LogP contribution in [0, 0.1) is 5.41 Å². The number of hydrazone groups is 1. The van der Waals surface area contributed by atoms with E-state index in [0.29, 0.717) is 10.2 Å². The van der Waals surface area contributed by atoms with Gasteiger partial charge in [0, 0.05) is 5.02 Å².